The van der Waals surface area contributed by atoms with Crippen molar-refractivity contribution in [1.82, 2.24) is 19.4 Å². The molecule has 2 aromatic heterocycles. The number of nitrogens with one attached hydrogen (secondary N) is 1. The highest BCUT2D eigenvalue weighted by molar-refractivity contribution is 6.31. The average molecular weight is 532 g/mol. The summed E-state index contributed by atoms with van der Waals surface area (Å²) in [7, 11) is 1.83. The minimum Gasteiger partial charge on any atom is -0.361 e. The molecule has 1 aliphatic heterocycles. The molecule has 4 aromatic rings. The van der Waals surface area contributed by atoms with Gasteiger partial charge in [0.05, 0.1) is 0 Å². The number of imidazole rings is 1. The summed E-state index contributed by atoms with van der Waals surface area (Å²) in [6.07, 6.45) is 7.28. The van der Waals surface area contributed by atoms with E-state index in [4.69, 9.17) is 16.6 Å². The van der Waals surface area contributed by atoms with Gasteiger partial charge in [0.2, 0.25) is 0 Å². The molecule has 2 amide bonds. The van der Waals surface area contributed by atoms with Crippen molar-refractivity contribution in [3.63, 3.8) is 0 Å². The number of benzene rings is 2. The summed E-state index contributed by atoms with van der Waals surface area (Å²) in [5.41, 5.74) is 3.27. The van der Waals surface area contributed by atoms with Crippen molar-refractivity contribution in [2.45, 2.75) is 52.0 Å². The molecule has 0 radical (unpaired) electrons. The first-order valence-electron chi connectivity index (χ1n) is 13.4. The van der Waals surface area contributed by atoms with E-state index in [0.717, 1.165) is 56.4 Å². The van der Waals surface area contributed by atoms with E-state index in [1.54, 1.807) is 34.1 Å². The van der Waals surface area contributed by atoms with E-state index in [9.17, 15) is 9.59 Å². The molecule has 8 heteroatoms. The zero-order chi connectivity index (χ0) is 26.6. The van der Waals surface area contributed by atoms with Gasteiger partial charge in [-0.1, -0.05) is 49.2 Å². The Balaban J connectivity index is 1.47. The van der Waals surface area contributed by atoms with Gasteiger partial charge in [0.15, 0.2) is 11.5 Å². The van der Waals surface area contributed by atoms with Gasteiger partial charge < -0.3 is 14.5 Å². The Labute approximate surface area is 228 Å². The SMILES string of the molecule is CCCCN(C(=O)c1cccc(Cl)c1)c1nc2n(c1C(=O)N(C)CCc1c[nH]c3ccccc13)CCCC2. The molecule has 1 aliphatic rings. The molecule has 0 saturated carbocycles. The lowest BCUT2D eigenvalue weighted by molar-refractivity contribution is 0.0785. The van der Waals surface area contributed by atoms with Crippen LogP contribution in [0.3, 0.4) is 0 Å². The average Bonchev–Trinajstić information content (AvgIpc) is 3.53. The van der Waals surface area contributed by atoms with Crippen LogP contribution in [0.2, 0.25) is 5.02 Å². The van der Waals surface area contributed by atoms with Crippen LogP contribution in [0.15, 0.2) is 54.7 Å². The fourth-order valence-electron chi connectivity index (χ4n) is 5.18. The summed E-state index contributed by atoms with van der Waals surface area (Å²) in [6, 6.07) is 15.2. The van der Waals surface area contributed by atoms with Crippen molar-refractivity contribution in [2.75, 3.05) is 25.0 Å². The quantitative estimate of drug-likeness (QED) is 0.283. The number of carbonyl (C=O) groups is 2. The van der Waals surface area contributed by atoms with Crippen molar-refractivity contribution in [3.05, 3.63) is 82.4 Å². The molecule has 7 nitrogen and oxygen atoms in total. The molecule has 1 N–H and O–H groups in total. The molecule has 0 saturated heterocycles. The molecule has 0 aliphatic carbocycles. The Kier molecular flexibility index (Phi) is 7.84. The van der Waals surface area contributed by atoms with E-state index in [-0.39, 0.29) is 11.8 Å². The minimum atomic E-state index is -0.188. The Hall–Kier alpha value is -3.58. The number of likely N-dealkylation sites (N-methyl/N-ethyl adjacent to an activating group) is 1. The van der Waals surface area contributed by atoms with Crippen LogP contribution in [-0.2, 0) is 19.4 Å². The predicted molar refractivity (Wildman–Crippen MR) is 152 cm³/mol. The van der Waals surface area contributed by atoms with E-state index >= 15 is 0 Å². The number of hydrogen-bond acceptors (Lipinski definition) is 3. The first kappa shape index (κ1) is 26.0. The molecular weight excluding hydrogens is 498 g/mol. The van der Waals surface area contributed by atoms with Gasteiger partial charge in [-0.25, -0.2) is 4.98 Å². The minimum absolute atomic E-state index is 0.110. The largest absolute Gasteiger partial charge is 0.361 e. The summed E-state index contributed by atoms with van der Waals surface area (Å²) < 4.78 is 2.04. The standard InChI is InChI=1S/C30H34ClN5O2/c1-3-4-16-36(29(37)21-10-9-11-23(31)19-21)28-27(35-17-8-7-14-26(35)33-28)30(38)34(2)18-15-22-20-32-25-13-6-5-12-24(22)25/h5-6,9-13,19-20,32H,3-4,7-8,14-18H2,1-2H3. The number of aromatic amines is 1. The number of nitrogens with zero attached hydrogens (tertiary/aromatic N) is 4. The molecule has 0 bridgehead atoms. The van der Waals surface area contributed by atoms with Crippen LogP contribution in [0.5, 0.6) is 0 Å². The van der Waals surface area contributed by atoms with Gasteiger partial charge in [0.1, 0.15) is 5.82 Å². The number of amides is 2. The maximum Gasteiger partial charge on any atom is 0.274 e. The number of halogens is 1. The van der Waals surface area contributed by atoms with Crippen LogP contribution < -0.4 is 4.90 Å². The third-order valence-electron chi connectivity index (χ3n) is 7.31. The highest BCUT2D eigenvalue weighted by Gasteiger charge is 2.32. The van der Waals surface area contributed by atoms with Gasteiger partial charge in [0.25, 0.3) is 11.8 Å². The van der Waals surface area contributed by atoms with Crippen molar-refractivity contribution in [1.29, 1.82) is 0 Å². The van der Waals surface area contributed by atoms with Crippen LogP contribution in [0.25, 0.3) is 10.9 Å². The van der Waals surface area contributed by atoms with Gasteiger partial charge in [-0.05, 0) is 55.5 Å². The summed E-state index contributed by atoms with van der Waals surface area (Å²) in [5.74, 6) is 1.04. The topological polar surface area (TPSA) is 74.2 Å². The number of carbonyl (C=O) groups excluding carboxylic acids is 2. The normalized spacial score (nSPS) is 12.9. The second-order valence-electron chi connectivity index (χ2n) is 9.97. The van der Waals surface area contributed by atoms with E-state index in [0.29, 0.717) is 35.2 Å². The highest BCUT2D eigenvalue weighted by Crippen LogP contribution is 2.29. The number of fused-ring (bicyclic) bond motifs is 2. The molecule has 38 heavy (non-hydrogen) atoms. The first-order chi connectivity index (χ1) is 18.5. The van der Waals surface area contributed by atoms with Gasteiger partial charge in [0, 0.05) is 60.8 Å². The number of unbranched alkanes of at least 4 members (excludes halogenated alkanes) is 1. The van der Waals surface area contributed by atoms with Gasteiger partial charge in [-0.3, -0.25) is 14.5 Å². The zero-order valence-electron chi connectivity index (χ0n) is 22.0. The molecule has 0 spiro atoms. The number of hydrogen-bond donors (Lipinski definition) is 1. The Bertz CT molecular complexity index is 1460. The van der Waals surface area contributed by atoms with Crippen molar-refractivity contribution < 1.29 is 9.59 Å². The van der Waals surface area contributed by atoms with Crippen LogP contribution in [0.4, 0.5) is 5.82 Å². The number of H-pyrrole nitrogens is 1. The summed E-state index contributed by atoms with van der Waals surface area (Å²) >= 11 is 6.21. The predicted octanol–water partition coefficient (Wildman–Crippen LogP) is 6.12. The molecule has 0 atom stereocenters. The van der Waals surface area contributed by atoms with E-state index in [1.165, 1.54) is 10.9 Å². The van der Waals surface area contributed by atoms with E-state index in [2.05, 4.69) is 24.0 Å². The maximum atomic E-state index is 14.0. The maximum absolute atomic E-state index is 14.0. The lowest BCUT2D eigenvalue weighted by Crippen LogP contribution is -2.36. The molecular formula is C30H34ClN5O2. The summed E-state index contributed by atoms with van der Waals surface area (Å²) in [6.45, 7) is 3.85. The fraction of sp³-hybridized carbons (Fsp3) is 0.367. The number of rotatable bonds is 9. The molecule has 3 heterocycles. The van der Waals surface area contributed by atoms with Crippen LogP contribution in [-0.4, -0.2) is 51.4 Å². The van der Waals surface area contributed by atoms with Crippen molar-refractivity contribution in [2.24, 2.45) is 0 Å². The van der Waals surface area contributed by atoms with Crippen molar-refractivity contribution >= 4 is 40.1 Å². The second kappa shape index (κ2) is 11.4. The number of aryl methyl sites for hydroxylation is 1. The molecule has 0 fully saturated rings. The van der Waals surface area contributed by atoms with Crippen LogP contribution in [0, 0.1) is 0 Å². The molecule has 198 valence electrons. The zero-order valence-corrected chi connectivity index (χ0v) is 22.8. The lowest BCUT2D eigenvalue weighted by atomic mass is 10.1. The highest BCUT2D eigenvalue weighted by atomic mass is 35.5. The Morgan fingerprint density at radius 2 is 1.92 bits per heavy atom. The molecule has 2 aromatic carbocycles. The van der Waals surface area contributed by atoms with Gasteiger partial charge in [-0.15, -0.1) is 0 Å². The summed E-state index contributed by atoms with van der Waals surface area (Å²) in [4.78, 5) is 39.4. The van der Waals surface area contributed by atoms with Crippen molar-refractivity contribution in [3.8, 4) is 0 Å². The van der Waals surface area contributed by atoms with Crippen LogP contribution >= 0.6 is 11.6 Å². The molecule has 0 unspecified atom stereocenters. The van der Waals surface area contributed by atoms with Crippen LogP contribution in [0.1, 0.15) is 64.8 Å². The third kappa shape index (κ3) is 5.20. The number of anilines is 1. The fourth-order valence-corrected chi connectivity index (χ4v) is 5.37. The van der Waals surface area contributed by atoms with E-state index in [1.807, 2.05) is 29.9 Å². The second-order valence-corrected chi connectivity index (χ2v) is 10.4. The molecule has 5 rings (SSSR count). The lowest BCUT2D eigenvalue weighted by Gasteiger charge is -2.25. The van der Waals surface area contributed by atoms with E-state index < -0.39 is 0 Å². The first-order valence-corrected chi connectivity index (χ1v) is 13.8. The third-order valence-corrected chi connectivity index (χ3v) is 7.54. The Morgan fingerprint density at radius 1 is 1.08 bits per heavy atom. The number of para-hydroxylation sites is 1. The summed E-state index contributed by atoms with van der Waals surface area (Å²) in [5, 5.41) is 1.68. The van der Waals surface area contributed by atoms with Gasteiger partial charge >= 0.3 is 0 Å². The Morgan fingerprint density at radius 3 is 2.74 bits per heavy atom. The number of aromatic nitrogens is 3. The smallest absolute Gasteiger partial charge is 0.274 e. The van der Waals surface area contributed by atoms with Gasteiger partial charge in [-0.2, -0.15) is 0 Å². The monoisotopic (exact) mass is 531 g/mol.